The fourth-order valence-electron chi connectivity index (χ4n) is 2.29. The third-order valence-corrected chi connectivity index (χ3v) is 3.79. The average Bonchev–Trinajstić information content (AvgIpc) is 2.55. The Bertz CT molecular complexity index is 624. The fourth-order valence-corrected chi connectivity index (χ4v) is 2.29. The van der Waals surface area contributed by atoms with Crippen LogP contribution in [0.25, 0.3) is 0 Å². The van der Waals surface area contributed by atoms with Gasteiger partial charge in [-0.3, -0.25) is 9.59 Å². The number of carboxylic acid groups (broad SMARTS) is 1. The maximum absolute atomic E-state index is 12.8. The van der Waals surface area contributed by atoms with E-state index in [1.165, 1.54) is 13.8 Å². The quantitative estimate of drug-likeness (QED) is 0.833. The monoisotopic (exact) mass is 311 g/mol. The van der Waals surface area contributed by atoms with E-state index in [1.807, 2.05) is 60.7 Å². The Labute approximate surface area is 136 Å². The van der Waals surface area contributed by atoms with Crippen LogP contribution in [0.2, 0.25) is 0 Å². The zero-order valence-electron chi connectivity index (χ0n) is 13.4. The van der Waals surface area contributed by atoms with Crippen molar-refractivity contribution in [3.63, 3.8) is 0 Å². The zero-order valence-corrected chi connectivity index (χ0v) is 13.4. The van der Waals surface area contributed by atoms with Crippen LogP contribution in [0.4, 0.5) is 0 Å². The van der Waals surface area contributed by atoms with E-state index in [4.69, 9.17) is 0 Å². The van der Waals surface area contributed by atoms with Crippen molar-refractivity contribution in [2.45, 2.75) is 26.9 Å². The van der Waals surface area contributed by atoms with Gasteiger partial charge in [-0.05, 0) is 25.0 Å². The lowest BCUT2D eigenvalue weighted by molar-refractivity contribution is -0.158. The van der Waals surface area contributed by atoms with E-state index < -0.39 is 17.3 Å². The van der Waals surface area contributed by atoms with Crippen LogP contribution in [0.15, 0.2) is 60.7 Å². The summed E-state index contributed by atoms with van der Waals surface area (Å²) >= 11 is 0. The molecule has 2 aromatic rings. The summed E-state index contributed by atoms with van der Waals surface area (Å²) in [5.74, 6) is -1.51. The average molecular weight is 311 g/mol. The van der Waals surface area contributed by atoms with Crippen LogP contribution < -0.4 is 0 Å². The summed E-state index contributed by atoms with van der Waals surface area (Å²) in [6, 6.07) is 19.2. The van der Waals surface area contributed by atoms with Gasteiger partial charge in [0.25, 0.3) is 0 Å². The van der Waals surface area contributed by atoms with Gasteiger partial charge in [-0.1, -0.05) is 60.7 Å². The molecule has 0 aromatic heterocycles. The van der Waals surface area contributed by atoms with Crippen molar-refractivity contribution in [2.75, 3.05) is 0 Å². The summed E-state index contributed by atoms with van der Waals surface area (Å²) in [5, 5.41) is 9.35. The molecule has 4 heteroatoms. The van der Waals surface area contributed by atoms with Gasteiger partial charge in [-0.2, -0.15) is 0 Å². The number of carboxylic acids is 1. The number of nitrogens with zero attached hydrogens (tertiary/aromatic N) is 1. The van der Waals surface area contributed by atoms with E-state index >= 15 is 0 Å². The molecule has 0 aliphatic carbocycles. The molecule has 0 spiro atoms. The molecule has 0 heterocycles. The van der Waals surface area contributed by atoms with E-state index in [0.29, 0.717) is 13.1 Å². The number of amides is 1. The molecule has 0 atom stereocenters. The molecule has 1 N–H and O–H groups in total. The Morgan fingerprint density at radius 1 is 0.870 bits per heavy atom. The highest BCUT2D eigenvalue weighted by Gasteiger charge is 2.39. The van der Waals surface area contributed by atoms with Crippen molar-refractivity contribution < 1.29 is 14.7 Å². The molecule has 120 valence electrons. The van der Waals surface area contributed by atoms with E-state index in [-0.39, 0.29) is 0 Å². The number of rotatable bonds is 6. The van der Waals surface area contributed by atoms with E-state index in [9.17, 15) is 14.7 Å². The summed E-state index contributed by atoms with van der Waals surface area (Å²) in [7, 11) is 0. The number of carbonyl (C=O) groups excluding carboxylic acids is 1. The fraction of sp³-hybridized carbons (Fsp3) is 0.263. The normalized spacial score (nSPS) is 11.0. The van der Waals surface area contributed by atoms with Gasteiger partial charge in [0, 0.05) is 13.1 Å². The molecular weight excluding hydrogens is 290 g/mol. The predicted octanol–water partition coefficient (Wildman–Crippen LogP) is 3.33. The first kappa shape index (κ1) is 16.7. The van der Waals surface area contributed by atoms with Crippen LogP contribution in [0.5, 0.6) is 0 Å². The van der Waals surface area contributed by atoms with Crippen molar-refractivity contribution in [1.82, 2.24) is 4.90 Å². The van der Waals surface area contributed by atoms with Crippen molar-refractivity contribution >= 4 is 11.9 Å². The SMILES string of the molecule is CC(C)(C(=O)O)C(=O)N(Cc1ccccc1)Cc1ccccc1. The predicted molar refractivity (Wildman–Crippen MR) is 88.6 cm³/mol. The second-order valence-electron chi connectivity index (χ2n) is 6.06. The van der Waals surface area contributed by atoms with Gasteiger partial charge in [0.2, 0.25) is 5.91 Å². The minimum Gasteiger partial charge on any atom is -0.480 e. The molecule has 0 aliphatic rings. The highest BCUT2D eigenvalue weighted by atomic mass is 16.4. The lowest BCUT2D eigenvalue weighted by Gasteiger charge is -2.29. The van der Waals surface area contributed by atoms with Crippen LogP contribution in [0.3, 0.4) is 0 Å². The molecule has 4 nitrogen and oxygen atoms in total. The Morgan fingerprint density at radius 3 is 1.61 bits per heavy atom. The summed E-state index contributed by atoms with van der Waals surface area (Å²) in [6.07, 6.45) is 0. The number of carbonyl (C=O) groups is 2. The molecule has 0 bridgehead atoms. The van der Waals surface area contributed by atoms with Crippen LogP contribution in [0, 0.1) is 5.41 Å². The van der Waals surface area contributed by atoms with Crippen molar-refractivity contribution in [3.05, 3.63) is 71.8 Å². The molecule has 0 saturated carbocycles. The van der Waals surface area contributed by atoms with Gasteiger partial charge in [0.05, 0.1) is 0 Å². The Morgan fingerprint density at radius 2 is 1.26 bits per heavy atom. The van der Waals surface area contributed by atoms with Gasteiger partial charge in [-0.25, -0.2) is 0 Å². The van der Waals surface area contributed by atoms with Crippen molar-refractivity contribution in [1.29, 1.82) is 0 Å². The standard InChI is InChI=1S/C19H21NO3/c1-19(2,18(22)23)17(21)20(13-15-9-5-3-6-10-15)14-16-11-7-4-8-12-16/h3-12H,13-14H2,1-2H3,(H,22,23). The number of hydrogen-bond donors (Lipinski definition) is 1. The molecule has 0 radical (unpaired) electrons. The maximum atomic E-state index is 12.8. The number of aliphatic carboxylic acids is 1. The second kappa shape index (κ2) is 7.09. The van der Waals surface area contributed by atoms with Crippen LogP contribution >= 0.6 is 0 Å². The lowest BCUT2D eigenvalue weighted by Crippen LogP contribution is -2.44. The minimum atomic E-state index is -1.45. The second-order valence-corrected chi connectivity index (χ2v) is 6.06. The minimum absolute atomic E-state index is 0.380. The summed E-state index contributed by atoms with van der Waals surface area (Å²) in [6.45, 7) is 3.65. The first-order chi connectivity index (χ1) is 10.9. The first-order valence-corrected chi connectivity index (χ1v) is 7.52. The maximum Gasteiger partial charge on any atom is 0.318 e. The topological polar surface area (TPSA) is 57.6 Å². The Kier molecular flexibility index (Phi) is 5.16. The van der Waals surface area contributed by atoms with Gasteiger partial charge < -0.3 is 10.0 Å². The van der Waals surface area contributed by atoms with E-state index in [1.54, 1.807) is 4.90 Å². The molecule has 0 fully saturated rings. The summed E-state index contributed by atoms with van der Waals surface area (Å²) in [5.41, 5.74) is 0.486. The Balaban J connectivity index is 2.27. The first-order valence-electron chi connectivity index (χ1n) is 7.52. The smallest absolute Gasteiger partial charge is 0.318 e. The van der Waals surface area contributed by atoms with Crippen LogP contribution in [0.1, 0.15) is 25.0 Å². The molecule has 1 amide bonds. The molecule has 2 aromatic carbocycles. The highest BCUT2D eigenvalue weighted by molar-refractivity contribution is 6.00. The van der Waals surface area contributed by atoms with Crippen LogP contribution in [-0.2, 0) is 22.7 Å². The molecule has 0 aliphatic heterocycles. The third kappa shape index (κ3) is 4.19. The molecular formula is C19H21NO3. The molecule has 23 heavy (non-hydrogen) atoms. The Hall–Kier alpha value is -2.62. The molecule has 0 unspecified atom stereocenters. The summed E-state index contributed by atoms with van der Waals surface area (Å²) < 4.78 is 0. The number of benzene rings is 2. The molecule has 0 saturated heterocycles. The van der Waals surface area contributed by atoms with Crippen molar-refractivity contribution in [2.24, 2.45) is 5.41 Å². The summed E-state index contributed by atoms with van der Waals surface area (Å²) in [4.78, 5) is 25.8. The van der Waals surface area contributed by atoms with Crippen LogP contribution in [-0.4, -0.2) is 21.9 Å². The van der Waals surface area contributed by atoms with E-state index in [0.717, 1.165) is 11.1 Å². The zero-order chi connectivity index (χ0) is 16.9. The largest absolute Gasteiger partial charge is 0.480 e. The van der Waals surface area contributed by atoms with Gasteiger partial charge in [-0.15, -0.1) is 0 Å². The van der Waals surface area contributed by atoms with Gasteiger partial charge in [0.1, 0.15) is 5.41 Å². The third-order valence-electron chi connectivity index (χ3n) is 3.79. The van der Waals surface area contributed by atoms with Gasteiger partial charge >= 0.3 is 5.97 Å². The lowest BCUT2D eigenvalue weighted by atomic mass is 9.91. The van der Waals surface area contributed by atoms with Gasteiger partial charge in [0.15, 0.2) is 0 Å². The number of hydrogen-bond acceptors (Lipinski definition) is 2. The van der Waals surface area contributed by atoms with E-state index in [2.05, 4.69) is 0 Å². The highest BCUT2D eigenvalue weighted by Crippen LogP contribution is 2.22. The van der Waals surface area contributed by atoms with Crippen molar-refractivity contribution in [3.8, 4) is 0 Å². The molecule has 2 rings (SSSR count).